The Labute approximate surface area is 161 Å². The molecule has 2 aromatic rings. The molecule has 0 radical (unpaired) electrons. The fourth-order valence-corrected chi connectivity index (χ4v) is 3.16. The summed E-state index contributed by atoms with van der Waals surface area (Å²) in [7, 11) is 0.560. The van der Waals surface area contributed by atoms with Crippen molar-refractivity contribution < 1.29 is 13.2 Å². The van der Waals surface area contributed by atoms with E-state index in [0.29, 0.717) is 24.6 Å². The van der Waals surface area contributed by atoms with Gasteiger partial charge in [0.2, 0.25) is 0 Å². The highest BCUT2D eigenvalue weighted by Crippen LogP contribution is 2.10. The van der Waals surface area contributed by atoms with Gasteiger partial charge in [-0.3, -0.25) is 4.99 Å². The quantitative estimate of drug-likeness (QED) is 0.554. The molecule has 0 saturated heterocycles. The molecule has 6 nitrogen and oxygen atoms in total. The third kappa shape index (κ3) is 6.94. The van der Waals surface area contributed by atoms with Gasteiger partial charge in [0.05, 0.1) is 11.4 Å². The van der Waals surface area contributed by atoms with Crippen LogP contribution in [0.5, 0.6) is 5.75 Å². The van der Waals surface area contributed by atoms with Crippen molar-refractivity contribution in [3.63, 3.8) is 0 Å². The summed E-state index contributed by atoms with van der Waals surface area (Å²) >= 11 is 0. The van der Waals surface area contributed by atoms with Crippen molar-refractivity contribution in [3.8, 4) is 5.75 Å². The van der Waals surface area contributed by atoms with E-state index in [2.05, 4.69) is 10.3 Å². The van der Waals surface area contributed by atoms with E-state index in [9.17, 15) is 8.42 Å². The van der Waals surface area contributed by atoms with Crippen molar-refractivity contribution in [1.82, 2.24) is 10.2 Å². The van der Waals surface area contributed by atoms with Gasteiger partial charge in [0, 0.05) is 26.9 Å². The molecule has 146 valence electrons. The molecule has 0 unspecified atom stereocenters. The van der Waals surface area contributed by atoms with Gasteiger partial charge < -0.3 is 15.0 Å². The normalized spacial score (nSPS) is 11.9. The van der Waals surface area contributed by atoms with Gasteiger partial charge >= 0.3 is 0 Å². The van der Waals surface area contributed by atoms with Crippen LogP contribution in [0.15, 0.2) is 64.5 Å². The minimum atomic E-state index is -3.15. The molecule has 0 aliphatic heterocycles. The summed E-state index contributed by atoms with van der Waals surface area (Å²) in [5.74, 6) is 1.64. The van der Waals surface area contributed by atoms with Crippen LogP contribution in [0, 0.1) is 0 Å². The van der Waals surface area contributed by atoms with Crippen molar-refractivity contribution in [3.05, 3.63) is 60.2 Å². The molecule has 7 heteroatoms. The minimum absolute atomic E-state index is 0.341. The first kappa shape index (κ1) is 20.8. The molecule has 0 fully saturated rings. The Morgan fingerprint density at radius 1 is 1.11 bits per heavy atom. The third-order valence-electron chi connectivity index (χ3n) is 4.06. The molecule has 0 atom stereocenters. The van der Waals surface area contributed by atoms with Gasteiger partial charge in [-0.1, -0.05) is 30.3 Å². The molecular weight excluding hydrogens is 362 g/mol. The predicted molar refractivity (Wildman–Crippen MR) is 109 cm³/mol. The average Bonchev–Trinajstić information content (AvgIpc) is 2.65. The summed E-state index contributed by atoms with van der Waals surface area (Å²) in [5.41, 5.74) is 1.07. The van der Waals surface area contributed by atoms with Gasteiger partial charge in [-0.2, -0.15) is 0 Å². The van der Waals surface area contributed by atoms with Gasteiger partial charge in [-0.15, -0.1) is 0 Å². The topological polar surface area (TPSA) is 71.0 Å². The number of hydrogen-bond acceptors (Lipinski definition) is 4. The highest BCUT2D eigenvalue weighted by atomic mass is 32.2. The number of benzene rings is 2. The first-order valence-corrected chi connectivity index (χ1v) is 10.7. The number of likely N-dealkylation sites (N-methyl/N-ethyl adjacent to an activating group) is 1. The monoisotopic (exact) mass is 389 g/mol. The zero-order valence-corrected chi connectivity index (χ0v) is 16.9. The lowest BCUT2D eigenvalue weighted by Gasteiger charge is -2.22. The molecule has 0 bridgehead atoms. The molecule has 2 aromatic carbocycles. The molecule has 0 saturated carbocycles. The Balaban J connectivity index is 1.76. The SMILES string of the molecule is CN=C(NCCc1ccc(S(C)(=O)=O)cc1)N(C)CCOc1ccccc1. The van der Waals surface area contributed by atoms with Crippen molar-refractivity contribution in [1.29, 1.82) is 0 Å². The van der Waals surface area contributed by atoms with E-state index in [0.717, 1.165) is 23.7 Å². The Bertz CT molecular complexity index is 835. The zero-order valence-electron chi connectivity index (χ0n) is 16.1. The second-order valence-electron chi connectivity index (χ2n) is 6.22. The highest BCUT2D eigenvalue weighted by molar-refractivity contribution is 7.90. The summed E-state index contributed by atoms with van der Waals surface area (Å²) in [5, 5.41) is 3.31. The lowest BCUT2D eigenvalue weighted by molar-refractivity contribution is 0.281. The first-order chi connectivity index (χ1) is 12.9. The summed E-state index contributed by atoms with van der Waals surface area (Å²) in [4.78, 5) is 6.64. The van der Waals surface area contributed by atoms with Crippen LogP contribution in [0.25, 0.3) is 0 Å². The van der Waals surface area contributed by atoms with Crippen LogP contribution in [0.1, 0.15) is 5.56 Å². The lowest BCUT2D eigenvalue weighted by Crippen LogP contribution is -2.41. The molecule has 0 aliphatic carbocycles. The maximum atomic E-state index is 11.5. The van der Waals surface area contributed by atoms with E-state index >= 15 is 0 Å². The number of sulfone groups is 1. The molecule has 0 aliphatic rings. The lowest BCUT2D eigenvalue weighted by atomic mass is 10.1. The smallest absolute Gasteiger partial charge is 0.193 e. The Kier molecular flexibility index (Phi) is 7.67. The summed E-state index contributed by atoms with van der Waals surface area (Å²) < 4.78 is 28.7. The van der Waals surface area contributed by atoms with Crippen LogP contribution in [-0.2, 0) is 16.3 Å². The van der Waals surface area contributed by atoms with Crippen molar-refractivity contribution in [2.75, 3.05) is 40.0 Å². The fourth-order valence-electron chi connectivity index (χ4n) is 2.53. The Hall–Kier alpha value is -2.54. The van der Waals surface area contributed by atoms with Crippen molar-refractivity contribution in [2.45, 2.75) is 11.3 Å². The molecule has 0 spiro atoms. The molecule has 0 heterocycles. The number of rotatable bonds is 8. The Morgan fingerprint density at radius 2 is 1.78 bits per heavy atom. The summed E-state index contributed by atoms with van der Waals surface area (Å²) in [6, 6.07) is 16.7. The number of ether oxygens (including phenoxy) is 1. The number of para-hydroxylation sites is 1. The highest BCUT2D eigenvalue weighted by Gasteiger charge is 2.07. The van der Waals surface area contributed by atoms with E-state index in [4.69, 9.17) is 4.74 Å². The van der Waals surface area contributed by atoms with E-state index in [1.807, 2.05) is 54.4 Å². The maximum Gasteiger partial charge on any atom is 0.193 e. The number of hydrogen-bond donors (Lipinski definition) is 1. The molecule has 27 heavy (non-hydrogen) atoms. The number of aliphatic imine (C=N–C) groups is 1. The predicted octanol–water partition coefficient (Wildman–Crippen LogP) is 2.22. The van der Waals surface area contributed by atoms with Gasteiger partial charge in [-0.05, 0) is 36.2 Å². The van der Waals surface area contributed by atoms with E-state index in [1.165, 1.54) is 6.26 Å². The van der Waals surface area contributed by atoms with Gasteiger partial charge in [0.15, 0.2) is 15.8 Å². The van der Waals surface area contributed by atoms with E-state index in [1.54, 1.807) is 19.2 Å². The van der Waals surface area contributed by atoms with Crippen molar-refractivity contribution in [2.24, 2.45) is 4.99 Å². The molecule has 0 aromatic heterocycles. The standard InChI is InChI=1S/C20H27N3O3S/c1-21-20(23(2)15-16-26-18-7-5-4-6-8-18)22-14-13-17-9-11-19(12-10-17)27(3,24)25/h4-12H,13-16H2,1-3H3,(H,21,22). The second-order valence-corrected chi connectivity index (χ2v) is 8.24. The van der Waals surface area contributed by atoms with Crippen LogP contribution in [0.4, 0.5) is 0 Å². The molecule has 2 rings (SSSR count). The van der Waals surface area contributed by atoms with Crippen LogP contribution < -0.4 is 10.1 Å². The minimum Gasteiger partial charge on any atom is -0.492 e. The fraction of sp³-hybridized carbons (Fsp3) is 0.350. The van der Waals surface area contributed by atoms with Crippen LogP contribution in [0.3, 0.4) is 0 Å². The average molecular weight is 390 g/mol. The van der Waals surface area contributed by atoms with E-state index in [-0.39, 0.29) is 0 Å². The van der Waals surface area contributed by atoms with Crippen LogP contribution in [-0.4, -0.2) is 59.3 Å². The van der Waals surface area contributed by atoms with E-state index < -0.39 is 9.84 Å². The summed E-state index contributed by atoms with van der Waals surface area (Å²) in [6.45, 7) is 1.97. The van der Waals surface area contributed by atoms with Crippen LogP contribution >= 0.6 is 0 Å². The van der Waals surface area contributed by atoms with Gasteiger partial charge in [0.25, 0.3) is 0 Å². The maximum absolute atomic E-state index is 11.5. The Morgan fingerprint density at radius 3 is 2.37 bits per heavy atom. The van der Waals surface area contributed by atoms with Crippen molar-refractivity contribution >= 4 is 15.8 Å². The summed E-state index contributed by atoms with van der Waals surface area (Å²) in [6.07, 6.45) is 1.99. The number of guanidine groups is 1. The molecule has 1 N–H and O–H groups in total. The first-order valence-electron chi connectivity index (χ1n) is 8.79. The van der Waals surface area contributed by atoms with Gasteiger partial charge in [0.1, 0.15) is 12.4 Å². The third-order valence-corrected chi connectivity index (χ3v) is 5.19. The molecular formula is C20H27N3O3S. The second kappa shape index (κ2) is 9.97. The number of nitrogens with one attached hydrogen (secondary N) is 1. The number of nitrogens with zero attached hydrogens (tertiary/aromatic N) is 2. The molecule has 0 amide bonds. The van der Waals surface area contributed by atoms with Gasteiger partial charge in [-0.25, -0.2) is 8.42 Å². The largest absolute Gasteiger partial charge is 0.492 e. The zero-order chi connectivity index (χ0) is 19.7. The van der Waals surface area contributed by atoms with Crippen LogP contribution in [0.2, 0.25) is 0 Å².